The first-order chi connectivity index (χ1) is 6.84. The number of carbonyl (C=O) groups excluding carboxylic acids is 1. The summed E-state index contributed by atoms with van der Waals surface area (Å²) in [4.78, 5) is 22.6. The molecule has 0 aromatic rings. The quantitative estimate of drug-likeness (QED) is 0.545. The molecule has 0 amide bonds. The molecule has 0 radical (unpaired) electrons. The van der Waals surface area contributed by atoms with Crippen LogP contribution in [-0.2, 0) is 14.3 Å². The van der Waals surface area contributed by atoms with Gasteiger partial charge in [-0.3, -0.25) is 9.59 Å². The number of rotatable bonds is 6. The zero-order valence-electron chi connectivity index (χ0n) is 9.87. The third-order valence-electron chi connectivity index (χ3n) is 2.42. The fourth-order valence-electron chi connectivity index (χ4n) is 1.16. The molecule has 0 aliphatic carbocycles. The molecule has 1 atom stereocenters. The van der Waals surface area contributed by atoms with E-state index in [4.69, 9.17) is 9.84 Å². The molecule has 0 aromatic carbocycles. The molecular weight excluding hydrogens is 196 g/mol. The first-order valence-electron chi connectivity index (χ1n) is 5.25. The minimum absolute atomic E-state index is 0.212. The Balaban J connectivity index is 4.59. The van der Waals surface area contributed by atoms with E-state index in [1.165, 1.54) is 6.92 Å². The van der Waals surface area contributed by atoms with Gasteiger partial charge in [0.05, 0.1) is 6.61 Å². The molecular formula is C11H20O4. The fraction of sp³-hybridized carbons (Fsp3) is 0.818. The van der Waals surface area contributed by atoms with Gasteiger partial charge in [0.1, 0.15) is 0 Å². The summed E-state index contributed by atoms with van der Waals surface area (Å²) < 4.78 is 4.78. The summed E-state index contributed by atoms with van der Waals surface area (Å²) >= 11 is 0. The third kappa shape index (κ3) is 3.90. The van der Waals surface area contributed by atoms with E-state index in [0.717, 1.165) is 0 Å². The Morgan fingerprint density at radius 3 is 2.27 bits per heavy atom. The lowest BCUT2D eigenvalue weighted by atomic mass is 9.83. The zero-order chi connectivity index (χ0) is 12.1. The van der Waals surface area contributed by atoms with Gasteiger partial charge in [-0.1, -0.05) is 13.8 Å². The Kier molecular flexibility index (Phi) is 5.33. The molecule has 0 bridgehead atoms. The number of hydrogen-bond donors (Lipinski definition) is 1. The van der Waals surface area contributed by atoms with Crippen molar-refractivity contribution in [2.24, 2.45) is 11.3 Å². The van der Waals surface area contributed by atoms with Crippen LogP contribution in [0.4, 0.5) is 0 Å². The van der Waals surface area contributed by atoms with Gasteiger partial charge in [0, 0.05) is 0 Å². The molecule has 0 aromatic heterocycles. The maximum Gasteiger partial charge on any atom is 0.323 e. The van der Waals surface area contributed by atoms with Gasteiger partial charge < -0.3 is 9.84 Å². The maximum atomic E-state index is 11.5. The summed E-state index contributed by atoms with van der Waals surface area (Å²) in [6.07, 6.45) is 1.01. The van der Waals surface area contributed by atoms with Crippen molar-refractivity contribution < 1.29 is 19.4 Å². The van der Waals surface area contributed by atoms with Gasteiger partial charge in [-0.15, -0.1) is 0 Å². The average Bonchev–Trinajstić information content (AvgIpc) is 2.14. The number of esters is 1. The summed E-state index contributed by atoms with van der Waals surface area (Å²) in [5, 5.41) is 9.04. The summed E-state index contributed by atoms with van der Waals surface area (Å²) in [7, 11) is 0. The predicted octanol–water partition coefficient (Wildman–Crippen LogP) is 2.08. The minimum atomic E-state index is -1.40. The van der Waals surface area contributed by atoms with Gasteiger partial charge in [-0.25, -0.2) is 0 Å². The number of carbonyl (C=O) groups is 2. The van der Waals surface area contributed by atoms with Gasteiger partial charge in [-0.2, -0.15) is 0 Å². The van der Waals surface area contributed by atoms with E-state index >= 15 is 0 Å². The molecule has 0 aliphatic heterocycles. The van der Waals surface area contributed by atoms with Crippen LogP contribution >= 0.6 is 0 Å². The van der Waals surface area contributed by atoms with Gasteiger partial charge in [0.25, 0.3) is 0 Å². The largest absolute Gasteiger partial charge is 0.480 e. The van der Waals surface area contributed by atoms with Crippen molar-refractivity contribution >= 4 is 11.9 Å². The highest BCUT2D eigenvalue weighted by molar-refractivity contribution is 5.98. The SMILES string of the molecule is CCOC(=O)C(C)(CCC(C)C)C(=O)O. The van der Waals surface area contributed by atoms with E-state index in [1.807, 2.05) is 13.8 Å². The highest BCUT2D eigenvalue weighted by Gasteiger charge is 2.42. The predicted molar refractivity (Wildman–Crippen MR) is 56.4 cm³/mol. The summed E-state index contributed by atoms with van der Waals surface area (Å²) in [5.74, 6) is -1.38. The molecule has 0 heterocycles. The topological polar surface area (TPSA) is 63.6 Å². The third-order valence-corrected chi connectivity index (χ3v) is 2.42. The van der Waals surface area contributed by atoms with Gasteiger partial charge in [0.15, 0.2) is 5.41 Å². The molecule has 4 heteroatoms. The van der Waals surface area contributed by atoms with Crippen LogP contribution in [-0.4, -0.2) is 23.7 Å². The molecule has 0 spiro atoms. The van der Waals surface area contributed by atoms with E-state index < -0.39 is 17.4 Å². The van der Waals surface area contributed by atoms with Crippen molar-refractivity contribution in [1.29, 1.82) is 0 Å². The van der Waals surface area contributed by atoms with Crippen LogP contribution in [0.5, 0.6) is 0 Å². The van der Waals surface area contributed by atoms with Crippen LogP contribution in [0.3, 0.4) is 0 Å². The van der Waals surface area contributed by atoms with Crippen molar-refractivity contribution in [3.8, 4) is 0 Å². The van der Waals surface area contributed by atoms with Crippen molar-refractivity contribution in [3.63, 3.8) is 0 Å². The molecule has 15 heavy (non-hydrogen) atoms. The smallest absolute Gasteiger partial charge is 0.323 e. The first-order valence-corrected chi connectivity index (χ1v) is 5.25. The molecule has 0 rings (SSSR count). The average molecular weight is 216 g/mol. The highest BCUT2D eigenvalue weighted by Crippen LogP contribution is 2.27. The molecule has 1 N–H and O–H groups in total. The van der Waals surface area contributed by atoms with Crippen LogP contribution in [0.1, 0.15) is 40.5 Å². The van der Waals surface area contributed by atoms with Crippen LogP contribution in [0, 0.1) is 11.3 Å². The maximum absolute atomic E-state index is 11.5. The summed E-state index contributed by atoms with van der Waals surface area (Å²) in [6, 6.07) is 0. The fourth-order valence-corrected chi connectivity index (χ4v) is 1.16. The van der Waals surface area contributed by atoms with E-state index in [-0.39, 0.29) is 6.61 Å². The van der Waals surface area contributed by atoms with E-state index in [1.54, 1.807) is 6.92 Å². The van der Waals surface area contributed by atoms with Gasteiger partial charge in [0.2, 0.25) is 0 Å². The Labute approximate surface area is 90.6 Å². The monoisotopic (exact) mass is 216 g/mol. The lowest BCUT2D eigenvalue weighted by Crippen LogP contribution is -2.38. The molecule has 4 nitrogen and oxygen atoms in total. The normalized spacial score (nSPS) is 14.7. The number of carboxylic acid groups (broad SMARTS) is 1. The van der Waals surface area contributed by atoms with Crippen molar-refractivity contribution in [3.05, 3.63) is 0 Å². The molecule has 0 fully saturated rings. The number of aliphatic carboxylic acids is 1. The minimum Gasteiger partial charge on any atom is -0.480 e. The van der Waals surface area contributed by atoms with Crippen LogP contribution in [0.2, 0.25) is 0 Å². The molecule has 88 valence electrons. The Bertz CT molecular complexity index is 235. The number of ether oxygens (including phenoxy) is 1. The van der Waals surface area contributed by atoms with Crippen molar-refractivity contribution in [2.75, 3.05) is 6.61 Å². The standard InChI is InChI=1S/C11H20O4/c1-5-15-10(14)11(4,9(12)13)7-6-8(2)3/h8H,5-7H2,1-4H3,(H,12,13). The van der Waals surface area contributed by atoms with Crippen LogP contribution in [0.25, 0.3) is 0 Å². The van der Waals surface area contributed by atoms with Crippen molar-refractivity contribution in [2.45, 2.75) is 40.5 Å². The van der Waals surface area contributed by atoms with E-state index in [2.05, 4.69) is 0 Å². The van der Waals surface area contributed by atoms with E-state index in [0.29, 0.717) is 18.8 Å². The van der Waals surface area contributed by atoms with Gasteiger partial charge in [-0.05, 0) is 32.6 Å². The lowest BCUT2D eigenvalue weighted by molar-refractivity contribution is -0.167. The Morgan fingerprint density at radius 1 is 1.40 bits per heavy atom. The Hall–Kier alpha value is -1.06. The number of carboxylic acids is 1. The second-order valence-electron chi connectivity index (χ2n) is 4.29. The molecule has 0 saturated carbocycles. The Morgan fingerprint density at radius 2 is 1.93 bits per heavy atom. The van der Waals surface area contributed by atoms with E-state index in [9.17, 15) is 9.59 Å². The molecule has 0 aliphatic rings. The van der Waals surface area contributed by atoms with Crippen molar-refractivity contribution in [1.82, 2.24) is 0 Å². The zero-order valence-corrected chi connectivity index (χ0v) is 9.87. The van der Waals surface area contributed by atoms with Crippen LogP contribution in [0.15, 0.2) is 0 Å². The lowest BCUT2D eigenvalue weighted by Gasteiger charge is -2.23. The highest BCUT2D eigenvalue weighted by atomic mass is 16.5. The second kappa shape index (κ2) is 5.73. The van der Waals surface area contributed by atoms with Crippen LogP contribution < -0.4 is 0 Å². The number of hydrogen-bond acceptors (Lipinski definition) is 3. The second-order valence-corrected chi connectivity index (χ2v) is 4.29. The molecule has 0 saturated heterocycles. The van der Waals surface area contributed by atoms with Gasteiger partial charge >= 0.3 is 11.9 Å². The first kappa shape index (κ1) is 13.9. The molecule has 1 unspecified atom stereocenters. The summed E-state index contributed by atoms with van der Waals surface area (Å²) in [5.41, 5.74) is -1.40. The summed E-state index contributed by atoms with van der Waals surface area (Å²) in [6.45, 7) is 7.29.